The normalized spacial score (nSPS) is 13.6. The summed E-state index contributed by atoms with van der Waals surface area (Å²) in [4.78, 5) is 16.4. The summed E-state index contributed by atoms with van der Waals surface area (Å²) >= 11 is 0. The highest BCUT2D eigenvalue weighted by atomic mass is 16.4. The van der Waals surface area contributed by atoms with Crippen LogP contribution in [0, 0.1) is 0 Å². The Kier molecular flexibility index (Phi) is 5.97. The van der Waals surface area contributed by atoms with Gasteiger partial charge in [0.25, 0.3) is 0 Å². The lowest BCUT2D eigenvalue weighted by Gasteiger charge is -2.31. The van der Waals surface area contributed by atoms with Crippen molar-refractivity contribution in [1.82, 2.24) is 9.88 Å². The maximum absolute atomic E-state index is 11.5. The summed E-state index contributed by atoms with van der Waals surface area (Å²) in [5.41, 5.74) is 1.17. The van der Waals surface area contributed by atoms with E-state index in [-0.39, 0.29) is 0 Å². The van der Waals surface area contributed by atoms with Gasteiger partial charge < -0.3 is 10.1 Å². The third-order valence-electron chi connectivity index (χ3n) is 3.66. The van der Waals surface area contributed by atoms with Crippen molar-refractivity contribution in [2.45, 2.75) is 39.2 Å². The third-order valence-corrected chi connectivity index (χ3v) is 3.66. The predicted octanol–water partition coefficient (Wildman–Crippen LogP) is 3.53. The van der Waals surface area contributed by atoms with Gasteiger partial charge in [-0.05, 0) is 32.6 Å². The van der Waals surface area contributed by atoms with Crippen molar-refractivity contribution < 1.29 is 9.90 Å². The molecule has 1 aromatic carbocycles. The van der Waals surface area contributed by atoms with Crippen molar-refractivity contribution in [3.8, 4) is 0 Å². The Hall–Kier alpha value is -1.81. The highest BCUT2D eigenvalue weighted by molar-refractivity contribution is 5.85. The molecule has 0 radical (unpaired) electrons. The molecule has 2 rings (SSSR count). The summed E-state index contributed by atoms with van der Waals surface area (Å²) in [6, 6.07) is 7.93. The van der Waals surface area contributed by atoms with Gasteiger partial charge in [0.1, 0.15) is 5.54 Å². The van der Waals surface area contributed by atoms with E-state index < -0.39 is 11.5 Å². The van der Waals surface area contributed by atoms with E-state index in [1.165, 1.54) is 6.42 Å². The van der Waals surface area contributed by atoms with Crippen LogP contribution in [0.4, 0.5) is 0 Å². The van der Waals surface area contributed by atoms with Crippen LogP contribution in [0.2, 0.25) is 0 Å². The first kappa shape index (κ1) is 17.2. The number of hydrogen-bond donors (Lipinski definition) is 2. The van der Waals surface area contributed by atoms with Gasteiger partial charge in [-0.3, -0.25) is 9.69 Å². The number of benzene rings is 1. The van der Waals surface area contributed by atoms with Crippen molar-refractivity contribution in [1.29, 1.82) is 0 Å². The monoisotopic (exact) mass is 290 g/mol. The maximum Gasteiger partial charge on any atom is 0.324 e. The number of carbonyl (C=O) groups is 1. The molecule has 0 spiro atoms. The van der Waals surface area contributed by atoms with Crippen LogP contribution in [0.25, 0.3) is 10.9 Å². The SMILES string of the molecule is CCC.CN(C)C(C)(Cc1c[nH]c2ccccc12)C(=O)O. The van der Waals surface area contributed by atoms with Gasteiger partial charge in [-0.15, -0.1) is 0 Å². The molecule has 21 heavy (non-hydrogen) atoms. The number of aromatic amines is 1. The Labute approximate surface area is 126 Å². The summed E-state index contributed by atoms with van der Waals surface area (Å²) in [5.74, 6) is -0.808. The van der Waals surface area contributed by atoms with E-state index in [2.05, 4.69) is 18.8 Å². The summed E-state index contributed by atoms with van der Waals surface area (Å²) < 4.78 is 0. The second-order valence-corrected chi connectivity index (χ2v) is 5.72. The Morgan fingerprint density at radius 3 is 2.38 bits per heavy atom. The molecule has 1 atom stereocenters. The van der Waals surface area contributed by atoms with Crippen LogP contribution in [-0.4, -0.2) is 40.6 Å². The molecule has 1 heterocycles. The number of hydrogen-bond acceptors (Lipinski definition) is 2. The van der Waals surface area contributed by atoms with E-state index in [1.807, 2.05) is 30.5 Å². The second kappa shape index (κ2) is 7.27. The molecule has 2 N–H and O–H groups in total. The fourth-order valence-electron chi connectivity index (χ4n) is 2.07. The lowest BCUT2D eigenvalue weighted by atomic mass is 9.91. The Morgan fingerprint density at radius 1 is 1.29 bits per heavy atom. The topological polar surface area (TPSA) is 56.3 Å². The first-order valence-electron chi connectivity index (χ1n) is 7.32. The largest absolute Gasteiger partial charge is 0.480 e. The highest BCUT2D eigenvalue weighted by Crippen LogP contribution is 2.25. The molecule has 4 nitrogen and oxygen atoms in total. The van der Waals surface area contributed by atoms with Crippen LogP contribution in [0.3, 0.4) is 0 Å². The summed E-state index contributed by atoms with van der Waals surface area (Å²) in [7, 11) is 3.59. The Bertz CT molecular complexity index is 589. The molecule has 0 saturated heterocycles. The van der Waals surface area contributed by atoms with Crippen molar-refractivity contribution >= 4 is 16.9 Å². The first-order valence-corrected chi connectivity index (χ1v) is 7.32. The molecule has 1 unspecified atom stereocenters. The van der Waals surface area contributed by atoms with Crippen molar-refractivity contribution in [2.24, 2.45) is 0 Å². The van der Waals surface area contributed by atoms with Crippen LogP contribution in [-0.2, 0) is 11.2 Å². The van der Waals surface area contributed by atoms with E-state index in [0.717, 1.165) is 16.5 Å². The molecule has 0 bridgehead atoms. The molecule has 2 aromatic rings. The zero-order valence-electron chi connectivity index (χ0n) is 13.6. The lowest BCUT2D eigenvalue weighted by Crippen LogP contribution is -2.50. The van der Waals surface area contributed by atoms with E-state index in [9.17, 15) is 9.90 Å². The lowest BCUT2D eigenvalue weighted by molar-refractivity contribution is -0.148. The van der Waals surface area contributed by atoms with Gasteiger partial charge in [-0.2, -0.15) is 0 Å². The average Bonchev–Trinajstić information content (AvgIpc) is 2.82. The quantitative estimate of drug-likeness (QED) is 0.905. The minimum atomic E-state index is -0.898. The van der Waals surface area contributed by atoms with E-state index in [1.54, 1.807) is 25.9 Å². The molecular formula is C17H26N2O2. The van der Waals surface area contributed by atoms with E-state index in [4.69, 9.17) is 0 Å². The van der Waals surface area contributed by atoms with Gasteiger partial charge in [0.2, 0.25) is 0 Å². The van der Waals surface area contributed by atoms with E-state index >= 15 is 0 Å². The minimum Gasteiger partial charge on any atom is -0.480 e. The van der Waals surface area contributed by atoms with Crippen LogP contribution in [0.1, 0.15) is 32.8 Å². The van der Waals surface area contributed by atoms with Crippen LogP contribution < -0.4 is 0 Å². The minimum absolute atomic E-state index is 0.472. The van der Waals surface area contributed by atoms with Gasteiger partial charge in [0.15, 0.2) is 0 Å². The molecule has 0 aliphatic rings. The molecule has 0 fully saturated rings. The van der Waals surface area contributed by atoms with Gasteiger partial charge in [-0.1, -0.05) is 38.5 Å². The number of carboxylic acids is 1. The van der Waals surface area contributed by atoms with Crippen LogP contribution in [0.15, 0.2) is 30.5 Å². The van der Waals surface area contributed by atoms with Crippen molar-refractivity contribution in [3.63, 3.8) is 0 Å². The third kappa shape index (κ3) is 3.85. The number of aromatic nitrogens is 1. The molecule has 116 valence electrons. The molecule has 4 heteroatoms. The summed E-state index contributed by atoms with van der Waals surface area (Å²) in [6.07, 6.45) is 3.62. The summed E-state index contributed by atoms with van der Waals surface area (Å²) in [5, 5.41) is 10.5. The first-order chi connectivity index (χ1) is 9.86. The number of rotatable bonds is 4. The van der Waals surface area contributed by atoms with E-state index in [0.29, 0.717) is 6.42 Å². The summed E-state index contributed by atoms with van der Waals surface area (Å²) in [6.45, 7) is 6.00. The average molecular weight is 290 g/mol. The van der Waals surface area contributed by atoms with Crippen LogP contribution >= 0.6 is 0 Å². The molecular weight excluding hydrogens is 264 g/mol. The predicted molar refractivity (Wildman–Crippen MR) is 87.7 cm³/mol. The van der Waals surface area contributed by atoms with Crippen molar-refractivity contribution in [3.05, 3.63) is 36.0 Å². The highest BCUT2D eigenvalue weighted by Gasteiger charge is 2.36. The van der Waals surface area contributed by atoms with Crippen molar-refractivity contribution in [2.75, 3.05) is 14.1 Å². The fourth-order valence-corrected chi connectivity index (χ4v) is 2.07. The standard InChI is InChI=1S/C14H18N2O2.C3H8/c1-14(13(17)18,16(2)3)8-10-9-15-12-7-5-4-6-11(10)12;1-3-2/h4-7,9,15H,8H2,1-3H3,(H,17,18);3H2,1-2H3. The number of nitrogens with zero attached hydrogens (tertiary/aromatic N) is 1. The van der Waals surface area contributed by atoms with Gasteiger partial charge in [0, 0.05) is 23.5 Å². The van der Waals surface area contributed by atoms with Gasteiger partial charge >= 0.3 is 5.97 Å². The maximum atomic E-state index is 11.5. The molecule has 0 aliphatic carbocycles. The molecule has 0 amide bonds. The molecule has 0 aliphatic heterocycles. The molecule has 1 aromatic heterocycles. The smallest absolute Gasteiger partial charge is 0.324 e. The van der Waals surface area contributed by atoms with Crippen LogP contribution in [0.5, 0.6) is 0 Å². The van der Waals surface area contributed by atoms with Gasteiger partial charge in [-0.25, -0.2) is 0 Å². The van der Waals surface area contributed by atoms with Gasteiger partial charge in [0.05, 0.1) is 0 Å². The number of carboxylic acid groups (broad SMARTS) is 1. The Balaban J connectivity index is 0.000000677. The Morgan fingerprint density at radius 2 is 1.86 bits per heavy atom. The number of likely N-dealkylation sites (N-methyl/N-ethyl adjacent to an activating group) is 1. The second-order valence-electron chi connectivity index (χ2n) is 5.72. The zero-order chi connectivity index (χ0) is 16.0. The number of para-hydroxylation sites is 1. The fraction of sp³-hybridized carbons (Fsp3) is 0.471. The molecule has 0 saturated carbocycles. The number of aliphatic carboxylic acids is 1. The number of H-pyrrole nitrogens is 1. The zero-order valence-corrected chi connectivity index (χ0v) is 13.6. The number of nitrogens with one attached hydrogen (secondary N) is 1. The number of fused-ring (bicyclic) bond motifs is 1.